The number of hydrogen-bond acceptors (Lipinski definition) is 4. The van der Waals surface area contributed by atoms with E-state index in [-0.39, 0.29) is 0 Å². The van der Waals surface area contributed by atoms with Crippen LogP contribution in [0.3, 0.4) is 0 Å². The predicted octanol–water partition coefficient (Wildman–Crippen LogP) is 1.05. The van der Waals surface area contributed by atoms with Crippen molar-refractivity contribution in [1.82, 2.24) is 15.1 Å². The Morgan fingerprint density at radius 3 is 3.00 bits per heavy atom. The monoisotopic (exact) mass is 265 g/mol. The minimum absolute atomic E-state index is 0.533. The predicted molar refractivity (Wildman–Crippen MR) is 72.1 cm³/mol. The van der Waals surface area contributed by atoms with Gasteiger partial charge in [-0.3, -0.25) is 10.00 Å². The molecule has 0 bridgehead atoms. The molecular weight excluding hydrogens is 242 g/mol. The van der Waals surface area contributed by atoms with Gasteiger partial charge in [-0.1, -0.05) is 0 Å². The van der Waals surface area contributed by atoms with Gasteiger partial charge in [-0.25, -0.2) is 0 Å². The van der Waals surface area contributed by atoms with E-state index in [0.29, 0.717) is 19.1 Å². The Bertz CT molecular complexity index is 426. The van der Waals surface area contributed by atoms with Gasteiger partial charge in [0.1, 0.15) is 0 Å². The van der Waals surface area contributed by atoms with E-state index in [1.807, 2.05) is 6.20 Å². The van der Waals surface area contributed by atoms with Gasteiger partial charge in [-0.2, -0.15) is 5.10 Å². The number of likely N-dealkylation sites (tertiary alicyclic amines) is 1. The summed E-state index contributed by atoms with van der Waals surface area (Å²) in [4.78, 5) is 2.39. The highest BCUT2D eigenvalue weighted by Gasteiger charge is 2.35. The summed E-state index contributed by atoms with van der Waals surface area (Å²) in [6.45, 7) is 6.34. The number of aromatic amines is 1. The van der Waals surface area contributed by atoms with Crippen LogP contribution < -0.4 is 0 Å². The van der Waals surface area contributed by atoms with Crippen LogP contribution in [0, 0.1) is 6.92 Å². The average Bonchev–Trinajstić information content (AvgIpc) is 2.98. The third kappa shape index (κ3) is 2.83. The highest BCUT2D eigenvalue weighted by Crippen LogP contribution is 2.30. The molecule has 5 nitrogen and oxygen atoms in total. The summed E-state index contributed by atoms with van der Waals surface area (Å²) < 4.78 is 5.33. The van der Waals surface area contributed by atoms with Crippen LogP contribution in [0.4, 0.5) is 0 Å². The summed E-state index contributed by atoms with van der Waals surface area (Å²) in [5, 5.41) is 17.8. The van der Waals surface area contributed by atoms with E-state index >= 15 is 0 Å². The van der Waals surface area contributed by atoms with Gasteiger partial charge >= 0.3 is 0 Å². The largest absolute Gasteiger partial charge is 0.388 e. The van der Waals surface area contributed by atoms with E-state index < -0.39 is 5.60 Å². The fourth-order valence-electron chi connectivity index (χ4n) is 3.31. The average molecular weight is 265 g/mol. The van der Waals surface area contributed by atoms with Crippen molar-refractivity contribution in [3.63, 3.8) is 0 Å². The van der Waals surface area contributed by atoms with Crippen molar-refractivity contribution in [3.8, 4) is 0 Å². The zero-order chi connectivity index (χ0) is 13.3. The van der Waals surface area contributed by atoms with E-state index in [4.69, 9.17) is 4.74 Å². The SMILES string of the molecule is Cc1cn[nH]c1[C@@H]1CCN(CC2(O)CCOCC2)C1. The molecule has 2 N–H and O–H groups in total. The number of ether oxygens (including phenoxy) is 1. The lowest BCUT2D eigenvalue weighted by Crippen LogP contribution is -2.46. The van der Waals surface area contributed by atoms with Crippen molar-refractivity contribution >= 4 is 0 Å². The fourth-order valence-corrected chi connectivity index (χ4v) is 3.31. The maximum Gasteiger partial charge on any atom is 0.0817 e. The molecule has 5 heteroatoms. The summed E-state index contributed by atoms with van der Waals surface area (Å²) in [5.74, 6) is 0.533. The summed E-state index contributed by atoms with van der Waals surface area (Å²) in [6, 6.07) is 0. The van der Waals surface area contributed by atoms with Gasteiger partial charge < -0.3 is 9.84 Å². The van der Waals surface area contributed by atoms with Gasteiger partial charge in [0.2, 0.25) is 0 Å². The van der Waals surface area contributed by atoms with Crippen LogP contribution in [-0.4, -0.2) is 58.7 Å². The van der Waals surface area contributed by atoms with Gasteiger partial charge in [-0.15, -0.1) is 0 Å². The first-order valence-corrected chi connectivity index (χ1v) is 7.19. The number of β-amino-alcohol motifs (C(OH)–C–C–N with tert-alkyl or cyclic N) is 1. The van der Waals surface area contributed by atoms with Gasteiger partial charge in [0, 0.05) is 50.8 Å². The number of nitrogens with one attached hydrogen (secondary N) is 1. The molecule has 0 radical (unpaired) electrons. The molecule has 0 saturated carbocycles. The van der Waals surface area contributed by atoms with E-state index in [0.717, 1.165) is 38.9 Å². The van der Waals surface area contributed by atoms with Crippen LogP contribution in [0.15, 0.2) is 6.20 Å². The van der Waals surface area contributed by atoms with Gasteiger partial charge in [0.15, 0.2) is 0 Å². The van der Waals surface area contributed by atoms with E-state index in [2.05, 4.69) is 22.0 Å². The van der Waals surface area contributed by atoms with Gasteiger partial charge in [0.05, 0.1) is 11.8 Å². The smallest absolute Gasteiger partial charge is 0.0817 e. The Balaban J connectivity index is 1.58. The second-order valence-corrected chi connectivity index (χ2v) is 6.02. The Hall–Kier alpha value is -0.910. The third-order valence-corrected chi connectivity index (χ3v) is 4.49. The number of H-pyrrole nitrogens is 1. The lowest BCUT2D eigenvalue weighted by Gasteiger charge is -2.35. The Morgan fingerprint density at radius 2 is 2.32 bits per heavy atom. The molecule has 106 valence electrons. The van der Waals surface area contributed by atoms with Crippen molar-refractivity contribution < 1.29 is 9.84 Å². The number of nitrogens with zero attached hydrogens (tertiary/aromatic N) is 2. The van der Waals surface area contributed by atoms with E-state index in [1.165, 1.54) is 11.3 Å². The van der Waals surface area contributed by atoms with Crippen LogP contribution in [0.2, 0.25) is 0 Å². The molecule has 3 heterocycles. The maximum absolute atomic E-state index is 10.6. The highest BCUT2D eigenvalue weighted by atomic mass is 16.5. The molecule has 1 aromatic heterocycles. The topological polar surface area (TPSA) is 61.4 Å². The molecule has 1 atom stereocenters. The third-order valence-electron chi connectivity index (χ3n) is 4.49. The van der Waals surface area contributed by atoms with E-state index in [1.54, 1.807) is 0 Å². The zero-order valence-corrected chi connectivity index (χ0v) is 11.6. The quantitative estimate of drug-likeness (QED) is 0.857. The first kappa shape index (κ1) is 13.1. The van der Waals surface area contributed by atoms with Crippen LogP contribution in [0.1, 0.15) is 36.4 Å². The standard InChI is InChI=1S/C14H23N3O2/c1-11-8-15-16-13(11)12-2-5-17(9-12)10-14(18)3-6-19-7-4-14/h8,12,18H,2-7,9-10H2,1H3,(H,15,16)/t12-/m1/s1. The minimum Gasteiger partial charge on any atom is -0.388 e. The molecule has 0 aliphatic carbocycles. The van der Waals surface area contributed by atoms with Crippen LogP contribution in [-0.2, 0) is 4.74 Å². The van der Waals surface area contributed by atoms with Crippen LogP contribution in [0.25, 0.3) is 0 Å². The Labute approximate surface area is 113 Å². The normalized spacial score (nSPS) is 27.8. The van der Waals surface area contributed by atoms with Crippen molar-refractivity contribution in [3.05, 3.63) is 17.5 Å². The van der Waals surface area contributed by atoms with Crippen molar-refractivity contribution in [2.24, 2.45) is 0 Å². The Morgan fingerprint density at radius 1 is 1.53 bits per heavy atom. The van der Waals surface area contributed by atoms with Crippen LogP contribution in [0.5, 0.6) is 0 Å². The summed E-state index contributed by atoms with van der Waals surface area (Å²) in [5.41, 5.74) is 1.97. The van der Waals surface area contributed by atoms with E-state index in [9.17, 15) is 5.11 Å². The molecule has 0 aromatic carbocycles. The molecule has 0 unspecified atom stereocenters. The molecule has 2 aliphatic heterocycles. The van der Waals surface area contributed by atoms with Crippen LogP contribution >= 0.6 is 0 Å². The highest BCUT2D eigenvalue weighted by molar-refractivity contribution is 5.20. The Kier molecular flexibility index (Phi) is 3.60. The molecule has 19 heavy (non-hydrogen) atoms. The maximum atomic E-state index is 10.6. The van der Waals surface area contributed by atoms with Crippen molar-refractivity contribution in [1.29, 1.82) is 0 Å². The molecule has 0 amide bonds. The lowest BCUT2D eigenvalue weighted by molar-refractivity contribution is -0.0773. The summed E-state index contributed by atoms with van der Waals surface area (Å²) in [7, 11) is 0. The molecule has 2 fully saturated rings. The van der Waals surface area contributed by atoms with Crippen molar-refractivity contribution in [2.75, 3.05) is 32.8 Å². The first-order chi connectivity index (χ1) is 9.16. The number of rotatable bonds is 3. The second-order valence-electron chi connectivity index (χ2n) is 6.02. The lowest BCUT2D eigenvalue weighted by atomic mass is 9.94. The summed E-state index contributed by atoms with van der Waals surface area (Å²) >= 11 is 0. The number of hydrogen-bond donors (Lipinski definition) is 2. The molecule has 2 saturated heterocycles. The summed E-state index contributed by atoms with van der Waals surface area (Å²) in [6.07, 6.45) is 4.56. The number of aryl methyl sites for hydroxylation is 1. The fraction of sp³-hybridized carbons (Fsp3) is 0.786. The molecule has 3 rings (SSSR count). The minimum atomic E-state index is -0.545. The van der Waals surface area contributed by atoms with Gasteiger partial charge in [0.25, 0.3) is 0 Å². The molecule has 1 aromatic rings. The zero-order valence-electron chi connectivity index (χ0n) is 11.6. The number of aromatic nitrogens is 2. The molecule has 0 spiro atoms. The molecular formula is C14H23N3O2. The van der Waals surface area contributed by atoms with Gasteiger partial charge in [-0.05, 0) is 25.5 Å². The second kappa shape index (κ2) is 5.23. The number of aliphatic hydroxyl groups is 1. The molecule has 2 aliphatic rings. The van der Waals surface area contributed by atoms with Crippen molar-refractivity contribution in [2.45, 2.75) is 37.7 Å². The first-order valence-electron chi connectivity index (χ1n) is 7.19.